The summed E-state index contributed by atoms with van der Waals surface area (Å²) >= 11 is 0. The lowest BCUT2D eigenvalue weighted by Gasteiger charge is -2.28. The van der Waals surface area contributed by atoms with Crippen LogP contribution in [-0.2, 0) is 6.42 Å². The van der Waals surface area contributed by atoms with Crippen LogP contribution in [0.2, 0.25) is 0 Å². The van der Waals surface area contributed by atoms with E-state index in [1.807, 2.05) is 49.4 Å². The highest BCUT2D eigenvalue weighted by Crippen LogP contribution is 2.26. The first-order chi connectivity index (χ1) is 15.0. The minimum Gasteiger partial charge on any atom is -0.459 e. The van der Waals surface area contributed by atoms with Gasteiger partial charge in [-0.25, -0.2) is 4.98 Å². The Morgan fingerprint density at radius 2 is 1.81 bits per heavy atom. The fourth-order valence-electron chi connectivity index (χ4n) is 3.85. The summed E-state index contributed by atoms with van der Waals surface area (Å²) in [5, 5.41) is 0.542. The van der Waals surface area contributed by atoms with E-state index < -0.39 is 6.04 Å². The summed E-state index contributed by atoms with van der Waals surface area (Å²) < 4.78 is 6.93. The molecule has 0 aliphatic carbocycles. The number of fused-ring (bicyclic) bond motifs is 1. The van der Waals surface area contributed by atoms with Crippen LogP contribution in [0, 0.1) is 0 Å². The Balaban J connectivity index is 1.92. The third kappa shape index (κ3) is 3.77. The van der Waals surface area contributed by atoms with Crippen molar-refractivity contribution < 1.29 is 9.21 Å². The summed E-state index contributed by atoms with van der Waals surface area (Å²) in [6, 6.07) is 18.1. The van der Waals surface area contributed by atoms with Gasteiger partial charge in [0.2, 0.25) is 0 Å². The Morgan fingerprint density at radius 3 is 2.45 bits per heavy atom. The Labute approximate surface area is 180 Å². The third-order valence-electron chi connectivity index (χ3n) is 5.61. The molecule has 1 atom stereocenters. The van der Waals surface area contributed by atoms with E-state index in [-0.39, 0.29) is 17.2 Å². The van der Waals surface area contributed by atoms with Crippen LogP contribution in [0.1, 0.15) is 48.3 Å². The number of aromatic nitrogens is 2. The number of carbonyl (C=O) groups is 1. The predicted octanol–water partition coefficient (Wildman–Crippen LogP) is 4.76. The summed E-state index contributed by atoms with van der Waals surface area (Å²) in [7, 11) is 1.71. The van der Waals surface area contributed by atoms with Gasteiger partial charge in [-0.15, -0.1) is 0 Å². The monoisotopic (exact) mass is 415 g/mol. The molecule has 2 heterocycles. The van der Waals surface area contributed by atoms with E-state index in [2.05, 4.69) is 6.92 Å². The van der Waals surface area contributed by atoms with Crippen molar-refractivity contribution in [2.45, 2.75) is 32.7 Å². The highest BCUT2D eigenvalue weighted by atomic mass is 16.3. The van der Waals surface area contributed by atoms with E-state index >= 15 is 0 Å². The first-order valence-corrected chi connectivity index (χ1v) is 10.5. The minimum absolute atomic E-state index is 0.151. The Bertz CT molecular complexity index is 1260. The largest absolute Gasteiger partial charge is 0.459 e. The maximum atomic E-state index is 13.5. The van der Waals surface area contributed by atoms with Gasteiger partial charge >= 0.3 is 0 Å². The van der Waals surface area contributed by atoms with Gasteiger partial charge in [0.05, 0.1) is 28.9 Å². The minimum atomic E-state index is -0.416. The van der Waals surface area contributed by atoms with Gasteiger partial charge in [-0.2, -0.15) is 0 Å². The zero-order chi connectivity index (χ0) is 22.0. The molecule has 4 rings (SSSR count). The van der Waals surface area contributed by atoms with Gasteiger partial charge in [-0.05, 0) is 54.8 Å². The Morgan fingerprint density at radius 1 is 1.06 bits per heavy atom. The lowest BCUT2D eigenvalue weighted by atomic mass is 10.1. The van der Waals surface area contributed by atoms with Gasteiger partial charge in [-0.3, -0.25) is 14.2 Å². The summed E-state index contributed by atoms with van der Waals surface area (Å²) in [5.74, 6) is 0.521. The van der Waals surface area contributed by atoms with Crippen LogP contribution in [0.5, 0.6) is 0 Å². The number of aryl methyl sites for hydroxylation is 1. The Kier molecular flexibility index (Phi) is 5.71. The van der Waals surface area contributed by atoms with Crippen LogP contribution in [-0.4, -0.2) is 27.4 Å². The van der Waals surface area contributed by atoms with Crippen molar-refractivity contribution in [1.29, 1.82) is 0 Å². The molecule has 2 aromatic heterocycles. The summed E-state index contributed by atoms with van der Waals surface area (Å²) in [6.45, 7) is 4.06. The van der Waals surface area contributed by atoms with Gasteiger partial charge in [0.25, 0.3) is 11.5 Å². The number of hydrogen-bond donors (Lipinski definition) is 0. The standard InChI is InChI=1S/C25H25N3O3/c1-4-17-12-14-18(15-13-17)28-23(26-20-10-7-6-9-19(20)24(28)29)21(5-2)27(3)25(30)22-11-8-16-31-22/h6-16,21H,4-5H2,1-3H3. The van der Waals surface area contributed by atoms with Crippen LogP contribution >= 0.6 is 0 Å². The van der Waals surface area contributed by atoms with Gasteiger partial charge in [0, 0.05) is 7.05 Å². The van der Waals surface area contributed by atoms with E-state index in [0.29, 0.717) is 23.1 Å². The number of furan rings is 1. The molecule has 2 aromatic carbocycles. The molecule has 6 nitrogen and oxygen atoms in total. The molecule has 1 unspecified atom stereocenters. The zero-order valence-corrected chi connectivity index (χ0v) is 17.9. The van der Waals surface area contributed by atoms with Gasteiger partial charge in [0.15, 0.2) is 5.76 Å². The molecule has 0 bridgehead atoms. The van der Waals surface area contributed by atoms with Crippen LogP contribution in [0.4, 0.5) is 0 Å². The molecular formula is C25H25N3O3. The smallest absolute Gasteiger partial charge is 0.289 e. The number of amides is 1. The van der Waals surface area contributed by atoms with Crippen molar-refractivity contribution in [1.82, 2.24) is 14.5 Å². The highest BCUT2D eigenvalue weighted by molar-refractivity contribution is 5.91. The van der Waals surface area contributed by atoms with Crippen LogP contribution in [0.15, 0.2) is 76.1 Å². The third-order valence-corrected chi connectivity index (χ3v) is 5.61. The normalized spacial score (nSPS) is 12.1. The zero-order valence-electron chi connectivity index (χ0n) is 17.9. The predicted molar refractivity (Wildman–Crippen MR) is 121 cm³/mol. The van der Waals surface area contributed by atoms with Crippen molar-refractivity contribution in [3.8, 4) is 5.69 Å². The van der Waals surface area contributed by atoms with Crippen molar-refractivity contribution >= 4 is 16.8 Å². The molecule has 0 saturated carbocycles. The second-order valence-electron chi connectivity index (χ2n) is 7.47. The lowest BCUT2D eigenvalue weighted by molar-refractivity contribution is 0.0684. The number of nitrogens with zero attached hydrogens (tertiary/aromatic N) is 3. The molecule has 1 amide bonds. The van der Waals surface area contributed by atoms with Crippen LogP contribution in [0.25, 0.3) is 16.6 Å². The molecular weight excluding hydrogens is 390 g/mol. The van der Waals surface area contributed by atoms with Crippen molar-refractivity contribution in [3.63, 3.8) is 0 Å². The number of carbonyl (C=O) groups excluding carboxylic acids is 1. The molecule has 4 aromatic rings. The molecule has 0 spiro atoms. The average Bonchev–Trinajstić information content (AvgIpc) is 3.34. The molecule has 0 saturated heterocycles. The van der Waals surface area contributed by atoms with E-state index in [1.54, 1.807) is 34.7 Å². The van der Waals surface area contributed by atoms with Gasteiger partial charge in [-0.1, -0.05) is 38.1 Å². The first kappa shape index (κ1) is 20.6. The summed E-state index contributed by atoms with van der Waals surface area (Å²) in [4.78, 5) is 33.0. The molecule has 31 heavy (non-hydrogen) atoms. The van der Waals surface area contributed by atoms with E-state index in [0.717, 1.165) is 12.1 Å². The lowest BCUT2D eigenvalue weighted by Crippen LogP contribution is -2.35. The Hall–Kier alpha value is -3.67. The first-order valence-electron chi connectivity index (χ1n) is 10.5. The molecule has 158 valence electrons. The molecule has 0 aliphatic rings. The molecule has 0 radical (unpaired) electrons. The quantitative estimate of drug-likeness (QED) is 0.455. The SMILES string of the molecule is CCc1ccc(-n2c(C(CC)N(C)C(=O)c3ccco3)nc3ccccc3c2=O)cc1. The molecule has 0 N–H and O–H groups in total. The average molecular weight is 415 g/mol. The summed E-state index contributed by atoms with van der Waals surface area (Å²) in [6.07, 6.45) is 2.97. The fraction of sp³-hybridized carbons (Fsp3) is 0.240. The number of hydrogen-bond acceptors (Lipinski definition) is 4. The number of rotatable bonds is 6. The number of para-hydroxylation sites is 1. The van der Waals surface area contributed by atoms with Gasteiger partial charge in [0.1, 0.15) is 5.82 Å². The van der Waals surface area contributed by atoms with E-state index in [1.165, 1.54) is 11.8 Å². The van der Waals surface area contributed by atoms with E-state index in [4.69, 9.17) is 9.40 Å². The highest BCUT2D eigenvalue weighted by Gasteiger charge is 2.28. The van der Waals surface area contributed by atoms with Gasteiger partial charge < -0.3 is 9.32 Å². The topological polar surface area (TPSA) is 68.3 Å². The van der Waals surface area contributed by atoms with Crippen LogP contribution in [0.3, 0.4) is 0 Å². The second-order valence-corrected chi connectivity index (χ2v) is 7.47. The maximum Gasteiger partial charge on any atom is 0.289 e. The fourth-order valence-corrected chi connectivity index (χ4v) is 3.85. The number of benzene rings is 2. The van der Waals surface area contributed by atoms with Crippen molar-refractivity contribution in [3.05, 3.63) is 94.4 Å². The van der Waals surface area contributed by atoms with Crippen molar-refractivity contribution in [2.24, 2.45) is 0 Å². The second kappa shape index (κ2) is 8.60. The van der Waals surface area contributed by atoms with Crippen molar-refractivity contribution in [2.75, 3.05) is 7.05 Å². The molecule has 0 aliphatic heterocycles. The molecule has 0 fully saturated rings. The maximum absolute atomic E-state index is 13.5. The van der Waals surface area contributed by atoms with Crippen LogP contribution < -0.4 is 5.56 Å². The van der Waals surface area contributed by atoms with E-state index in [9.17, 15) is 9.59 Å². The summed E-state index contributed by atoms with van der Waals surface area (Å²) in [5.41, 5.74) is 2.38. The molecule has 6 heteroatoms.